The van der Waals surface area contributed by atoms with Crippen molar-refractivity contribution >= 4 is 20.3 Å². The molecule has 1 heterocycles. The van der Waals surface area contributed by atoms with Crippen molar-refractivity contribution in [3.8, 4) is 0 Å². The number of cyclic esters (lactones) is 1. The number of ether oxygens (including phenoxy) is 1. The summed E-state index contributed by atoms with van der Waals surface area (Å²) in [6, 6.07) is -0.375. The molecule has 0 aromatic carbocycles. The minimum absolute atomic E-state index is 0.0414. The quantitative estimate of drug-likeness (QED) is 0.320. The highest BCUT2D eigenvalue weighted by Gasteiger charge is 2.54. The van der Waals surface area contributed by atoms with Gasteiger partial charge in [-0.3, -0.25) is 4.79 Å². The largest absolute Gasteiger partial charge is 0.447 e. The molecule has 3 fully saturated rings. The molecule has 0 N–H and O–H groups in total. The van der Waals surface area contributed by atoms with Crippen molar-refractivity contribution in [1.29, 1.82) is 0 Å². The van der Waals surface area contributed by atoms with Gasteiger partial charge in [0.25, 0.3) is 5.91 Å². The molecular weight excluding hydrogens is 461 g/mol. The van der Waals surface area contributed by atoms with Gasteiger partial charge < -0.3 is 9.16 Å². The second-order valence-corrected chi connectivity index (χ2v) is 18.5. The molecule has 0 bridgehead atoms. The Bertz CT molecular complexity index is 781. The Morgan fingerprint density at radius 1 is 1.20 bits per heavy atom. The van der Waals surface area contributed by atoms with Gasteiger partial charge in [0.2, 0.25) is 0 Å². The Morgan fingerprint density at radius 3 is 2.46 bits per heavy atom. The standard InChI is InChI=1S/C28H50FNO4Si/c1-18(2)23-17-33-26(32)30(23)25(31)22(29)15-12-19(3)20-13-14-21-24(11-10-16-28(20,21)7)34-35(8,9)27(4,5)6/h18-24H,10-17H2,1-9H3/t19-,20-,21+,22-,23+,24+,28-/m1/s1. The second kappa shape index (κ2) is 10.4. The first-order chi connectivity index (χ1) is 16.1. The molecule has 2 aliphatic carbocycles. The van der Waals surface area contributed by atoms with Crippen LogP contribution in [-0.4, -0.2) is 50.1 Å². The summed E-state index contributed by atoms with van der Waals surface area (Å²) in [7, 11) is -1.84. The van der Waals surface area contributed by atoms with Gasteiger partial charge in [-0.15, -0.1) is 0 Å². The summed E-state index contributed by atoms with van der Waals surface area (Å²) in [5, 5.41) is 0.200. The lowest BCUT2D eigenvalue weighted by atomic mass is 9.61. The summed E-state index contributed by atoms with van der Waals surface area (Å²) >= 11 is 0. The molecule has 2 saturated carbocycles. The van der Waals surface area contributed by atoms with Crippen LogP contribution in [-0.2, 0) is 14.0 Å². The van der Waals surface area contributed by atoms with Crippen LogP contribution in [0.4, 0.5) is 9.18 Å². The number of imide groups is 1. The lowest BCUT2D eigenvalue weighted by molar-refractivity contribution is -0.135. The number of carbonyl (C=O) groups excluding carboxylic acids is 2. The minimum atomic E-state index is -1.84. The zero-order chi connectivity index (χ0) is 26.3. The van der Waals surface area contributed by atoms with Crippen molar-refractivity contribution < 1.29 is 23.1 Å². The molecule has 5 nitrogen and oxygen atoms in total. The van der Waals surface area contributed by atoms with Gasteiger partial charge in [0, 0.05) is 6.10 Å². The molecule has 0 aromatic heterocycles. The van der Waals surface area contributed by atoms with E-state index in [1.54, 1.807) is 0 Å². The molecule has 1 saturated heterocycles. The Kier molecular flexibility index (Phi) is 8.53. The zero-order valence-electron chi connectivity index (χ0n) is 23.7. The molecule has 7 heteroatoms. The van der Waals surface area contributed by atoms with Gasteiger partial charge in [-0.05, 0) is 85.7 Å². The van der Waals surface area contributed by atoms with Crippen LogP contribution in [0.1, 0.15) is 93.4 Å². The van der Waals surface area contributed by atoms with E-state index in [4.69, 9.17) is 9.16 Å². The van der Waals surface area contributed by atoms with Gasteiger partial charge in [0.05, 0.1) is 6.04 Å². The van der Waals surface area contributed by atoms with Gasteiger partial charge in [-0.1, -0.05) is 54.9 Å². The molecule has 0 spiro atoms. The molecule has 3 aliphatic rings. The van der Waals surface area contributed by atoms with Gasteiger partial charge in [0.15, 0.2) is 14.5 Å². The lowest BCUT2D eigenvalue weighted by Gasteiger charge is -2.50. The summed E-state index contributed by atoms with van der Waals surface area (Å²) in [5.41, 5.74) is 0.210. The number of amides is 2. The van der Waals surface area contributed by atoms with Crippen molar-refractivity contribution in [2.45, 2.75) is 130 Å². The van der Waals surface area contributed by atoms with Crippen molar-refractivity contribution in [2.24, 2.45) is 29.1 Å². The number of rotatable bonds is 8. The lowest BCUT2D eigenvalue weighted by Crippen LogP contribution is -2.50. The van der Waals surface area contributed by atoms with Crippen LogP contribution in [0.3, 0.4) is 0 Å². The molecule has 7 atom stereocenters. The molecule has 202 valence electrons. The fourth-order valence-corrected chi connectivity index (χ4v) is 8.25. The van der Waals surface area contributed by atoms with E-state index in [9.17, 15) is 9.59 Å². The Morgan fingerprint density at radius 2 is 1.86 bits per heavy atom. The number of halogens is 1. The van der Waals surface area contributed by atoms with E-state index in [-0.39, 0.29) is 35.4 Å². The maximum absolute atomic E-state index is 15.1. The number of fused-ring (bicyclic) bond motifs is 1. The number of nitrogens with zero attached hydrogens (tertiary/aromatic N) is 1. The highest BCUT2D eigenvalue weighted by atomic mass is 28.4. The first kappa shape index (κ1) is 28.6. The van der Waals surface area contributed by atoms with Crippen LogP contribution < -0.4 is 0 Å². The predicted octanol–water partition coefficient (Wildman–Crippen LogP) is 7.35. The topological polar surface area (TPSA) is 55.8 Å². The van der Waals surface area contributed by atoms with E-state index < -0.39 is 26.5 Å². The molecular formula is C28H50FNO4Si. The molecule has 3 rings (SSSR count). The van der Waals surface area contributed by atoms with Crippen LogP contribution in [0.15, 0.2) is 0 Å². The van der Waals surface area contributed by atoms with E-state index in [0.717, 1.165) is 17.7 Å². The maximum atomic E-state index is 15.1. The van der Waals surface area contributed by atoms with Gasteiger partial charge in [0.1, 0.15) is 6.61 Å². The van der Waals surface area contributed by atoms with Gasteiger partial charge in [-0.25, -0.2) is 14.1 Å². The average Bonchev–Trinajstić information content (AvgIpc) is 3.30. The summed E-state index contributed by atoms with van der Waals surface area (Å²) in [6.45, 7) is 20.3. The highest BCUT2D eigenvalue weighted by molar-refractivity contribution is 6.74. The molecule has 0 aromatic rings. The first-order valence-electron chi connectivity index (χ1n) is 13.9. The SMILES string of the molecule is CC(C)[C@@H]1COC(=O)N1C(=O)[C@H](F)CC[C@@H](C)[C@H]1CC[C@H]2[C@@H](O[Si](C)(C)C(C)(C)C)CCC[C@]12C. The van der Waals surface area contributed by atoms with E-state index >= 15 is 4.39 Å². The average molecular weight is 512 g/mol. The van der Waals surface area contributed by atoms with E-state index in [2.05, 4.69) is 47.7 Å². The normalized spacial score (nSPS) is 33.6. The third-order valence-corrected chi connectivity index (χ3v) is 14.6. The van der Waals surface area contributed by atoms with Crippen LogP contribution in [0.5, 0.6) is 0 Å². The number of alkyl halides is 1. The van der Waals surface area contributed by atoms with Crippen molar-refractivity contribution in [3.05, 3.63) is 0 Å². The smallest absolute Gasteiger partial charge is 0.417 e. The summed E-state index contributed by atoms with van der Waals surface area (Å²) < 4.78 is 27.1. The second-order valence-electron chi connectivity index (χ2n) is 13.7. The van der Waals surface area contributed by atoms with Crippen LogP contribution in [0.25, 0.3) is 0 Å². The first-order valence-corrected chi connectivity index (χ1v) is 16.8. The third-order valence-electron chi connectivity index (χ3n) is 10.1. The predicted molar refractivity (Wildman–Crippen MR) is 140 cm³/mol. The fourth-order valence-electron chi connectivity index (χ4n) is 6.86. The van der Waals surface area contributed by atoms with Crippen molar-refractivity contribution in [3.63, 3.8) is 0 Å². The molecule has 35 heavy (non-hydrogen) atoms. The van der Waals surface area contributed by atoms with Crippen molar-refractivity contribution in [1.82, 2.24) is 4.90 Å². The summed E-state index contributed by atoms with van der Waals surface area (Å²) in [4.78, 5) is 25.9. The maximum Gasteiger partial charge on any atom is 0.417 e. The number of hydrogen-bond donors (Lipinski definition) is 0. The summed E-state index contributed by atoms with van der Waals surface area (Å²) in [5.74, 6) is 0.718. The highest BCUT2D eigenvalue weighted by Crippen LogP contribution is 2.59. The van der Waals surface area contributed by atoms with E-state index in [1.807, 2.05) is 13.8 Å². The van der Waals surface area contributed by atoms with Crippen LogP contribution in [0, 0.1) is 29.1 Å². The molecule has 2 amide bonds. The zero-order valence-corrected chi connectivity index (χ0v) is 24.7. The monoisotopic (exact) mass is 511 g/mol. The Hall–Kier alpha value is -0.953. The minimum Gasteiger partial charge on any atom is -0.447 e. The van der Waals surface area contributed by atoms with E-state index in [1.165, 1.54) is 19.3 Å². The van der Waals surface area contributed by atoms with Gasteiger partial charge in [-0.2, -0.15) is 0 Å². The van der Waals surface area contributed by atoms with Crippen LogP contribution in [0.2, 0.25) is 18.1 Å². The molecule has 0 unspecified atom stereocenters. The van der Waals surface area contributed by atoms with Crippen LogP contribution >= 0.6 is 0 Å². The fraction of sp³-hybridized carbons (Fsp3) is 0.929. The number of carbonyl (C=O) groups is 2. The van der Waals surface area contributed by atoms with Gasteiger partial charge >= 0.3 is 6.09 Å². The Balaban J connectivity index is 1.62. The van der Waals surface area contributed by atoms with Crippen molar-refractivity contribution in [2.75, 3.05) is 6.61 Å². The molecule has 1 aliphatic heterocycles. The Labute approximate surface area is 214 Å². The third kappa shape index (κ3) is 5.66. The molecule has 0 radical (unpaired) electrons. The van der Waals surface area contributed by atoms with E-state index in [0.29, 0.717) is 30.3 Å². The summed E-state index contributed by atoms with van der Waals surface area (Å²) in [6.07, 6.45) is 4.66. The number of hydrogen-bond acceptors (Lipinski definition) is 4.